The molecule has 0 aromatic heterocycles. The zero-order valence-electron chi connectivity index (χ0n) is 16.1. The van der Waals surface area contributed by atoms with E-state index in [1.807, 2.05) is 11.0 Å². The van der Waals surface area contributed by atoms with Crippen LogP contribution in [0.25, 0.3) is 0 Å². The van der Waals surface area contributed by atoms with Gasteiger partial charge in [0.1, 0.15) is 5.82 Å². The topological polar surface area (TPSA) is 60.9 Å². The number of nitrogens with zero attached hydrogens (tertiary/aromatic N) is 3. The number of likely N-dealkylation sites (tertiary alicyclic amines) is 2. The molecular weight excluding hydrogens is 369 g/mol. The Labute approximate surface area is 161 Å². The molecular formula is C19H28FN3O3S. The summed E-state index contributed by atoms with van der Waals surface area (Å²) < 4.78 is 38.8. The largest absolute Gasteiger partial charge is 0.335 e. The lowest BCUT2D eigenvalue weighted by molar-refractivity contribution is -0.130. The second-order valence-corrected chi connectivity index (χ2v) is 10.1. The lowest BCUT2D eigenvalue weighted by atomic mass is 9.89. The van der Waals surface area contributed by atoms with Crippen LogP contribution < -0.4 is 0 Å². The van der Waals surface area contributed by atoms with Crippen LogP contribution in [0.3, 0.4) is 0 Å². The molecule has 0 spiro atoms. The van der Waals surface area contributed by atoms with E-state index >= 15 is 0 Å². The van der Waals surface area contributed by atoms with Gasteiger partial charge in [-0.25, -0.2) is 17.1 Å². The maximum Gasteiger partial charge on any atom is 0.219 e. The molecule has 2 aliphatic heterocycles. The monoisotopic (exact) mass is 397 g/mol. The second-order valence-electron chi connectivity index (χ2n) is 7.81. The highest BCUT2D eigenvalue weighted by molar-refractivity contribution is 7.89. The summed E-state index contributed by atoms with van der Waals surface area (Å²) >= 11 is 0. The molecule has 6 nitrogen and oxygen atoms in total. The molecule has 3 rings (SSSR count). The zero-order chi connectivity index (χ0) is 19.8. The molecule has 1 aromatic carbocycles. The average Bonchev–Trinajstić information content (AvgIpc) is 3.11. The molecule has 0 bridgehead atoms. The Kier molecular flexibility index (Phi) is 5.88. The Morgan fingerprint density at radius 3 is 2.63 bits per heavy atom. The maximum atomic E-state index is 13.7. The molecule has 2 aliphatic rings. The summed E-state index contributed by atoms with van der Waals surface area (Å²) in [6, 6.07) is 6.40. The van der Waals surface area contributed by atoms with Crippen molar-refractivity contribution in [2.24, 2.45) is 11.8 Å². The van der Waals surface area contributed by atoms with Gasteiger partial charge in [0, 0.05) is 46.6 Å². The number of carbonyl (C=O) groups excluding carboxylic acids is 1. The van der Waals surface area contributed by atoms with Gasteiger partial charge in [0.15, 0.2) is 0 Å². The molecule has 150 valence electrons. The van der Waals surface area contributed by atoms with Gasteiger partial charge in [-0.3, -0.25) is 4.79 Å². The molecule has 3 atom stereocenters. The minimum absolute atomic E-state index is 0.0160. The van der Waals surface area contributed by atoms with Gasteiger partial charge in [-0.05, 0) is 36.6 Å². The van der Waals surface area contributed by atoms with Crippen molar-refractivity contribution < 1.29 is 17.6 Å². The lowest BCUT2D eigenvalue weighted by Gasteiger charge is -2.29. The summed E-state index contributed by atoms with van der Waals surface area (Å²) in [6.07, 6.45) is 0.584. The molecule has 1 aromatic rings. The third kappa shape index (κ3) is 4.33. The number of benzene rings is 1. The fourth-order valence-electron chi connectivity index (χ4n) is 4.41. The normalized spacial score (nSPS) is 26.0. The van der Waals surface area contributed by atoms with E-state index in [4.69, 9.17) is 0 Å². The van der Waals surface area contributed by atoms with Crippen molar-refractivity contribution >= 4 is 15.9 Å². The zero-order valence-corrected chi connectivity index (χ0v) is 17.0. The Balaban J connectivity index is 1.67. The van der Waals surface area contributed by atoms with Crippen molar-refractivity contribution in [1.82, 2.24) is 14.1 Å². The number of fused-ring (bicyclic) bond motifs is 1. The Bertz CT molecular complexity index is 799. The van der Waals surface area contributed by atoms with Gasteiger partial charge in [0.05, 0.1) is 11.8 Å². The molecule has 0 N–H and O–H groups in total. The predicted octanol–water partition coefficient (Wildman–Crippen LogP) is 1.56. The molecule has 27 heavy (non-hydrogen) atoms. The molecule has 0 aliphatic carbocycles. The van der Waals surface area contributed by atoms with Gasteiger partial charge in [0.2, 0.25) is 15.9 Å². The van der Waals surface area contributed by atoms with Gasteiger partial charge in [-0.2, -0.15) is 0 Å². The van der Waals surface area contributed by atoms with Crippen molar-refractivity contribution in [2.75, 3.05) is 46.0 Å². The molecule has 0 unspecified atom stereocenters. The average molecular weight is 398 g/mol. The molecule has 1 amide bonds. The summed E-state index contributed by atoms with van der Waals surface area (Å²) in [4.78, 5) is 16.3. The van der Waals surface area contributed by atoms with Crippen molar-refractivity contribution in [3.05, 3.63) is 35.6 Å². The summed E-state index contributed by atoms with van der Waals surface area (Å²) in [5.74, 6) is 0.456. The highest BCUT2D eigenvalue weighted by atomic mass is 32.2. The van der Waals surface area contributed by atoms with Crippen LogP contribution in [0, 0.1) is 17.7 Å². The highest BCUT2D eigenvalue weighted by Crippen LogP contribution is 2.45. The minimum Gasteiger partial charge on any atom is -0.335 e. The molecule has 0 radical (unpaired) electrons. The number of hydrogen-bond acceptors (Lipinski definition) is 4. The Morgan fingerprint density at radius 2 is 2.00 bits per heavy atom. The smallest absolute Gasteiger partial charge is 0.219 e. The molecule has 8 heteroatoms. The first-order valence-corrected chi connectivity index (χ1v) is 10.9. The summed E-state index contributed by atoms with van der Waals surface area (Å²) in [7, 11) is -0.0727. The second kappa shape index (κ2) is 7.85. The van der Waals surface area contributed by atoms with Crippen molar-refractivity contribution in [3.8, 4) is 0 Å². The van der Waals surface area contributed by atoms with Crippen LogP contribution in [0.2, 0.25) is 0 Å². The fraction of sp³-hybridized carbons (Fsp3) is 0.632. The van der Waals surface area contributed by atoms with Crippen LogP contribution >= 0.6 is 0 Å². The Morgan fingerprint density at radius 1 is 1.26 bits per heavy atom. The summed E-state index contributed by atoms with van der Waals surface area (Å²) in [6.45, 7) is 4.61. The first kappa shape index (κ1) is 20.2. The van der Waals surface area contributed by atoms with Crippen LogP contribution in [0.1, 0.15) is 24.9 Å². The molecule has 0 saturated carbocycles. The van der Waals surface area contributed by atoms with Crippen molar-refractivity contribution in [3.63, 3.8) is 0 Å². The van der Waals surface area contributed by atoms with E-state index in [0.29, 0.717) is 18.9 Å². The van der Waals surface area contributed by atoms with E-state index < -0.39 is 10.0 Å². The SMILES string of the molecule is CC(=O)N1C[C@H]2CN(CCCS(=O)(=O)N(C)C)C[C@H]2[C@@H]1c1cccc(F)c1. The van der Waals surface area contributed by atoms with E-state index in [1.165, 1.54) is 16.4 Å². The van der Waals surface area contributed by atoms with E-state index in [1.54, 1.807) is 27.1 Å². The van der Waals surface area contributed by atoms with Crippen LogP contribution in [0.5, 0.6) is 0 Å². The van der Waals surface area contributed by atoms with E-state index in [9.17, 15) is 17.6 Å². The van der Waals surface area contributed by atoms with Crippen LogP contribution in [0.4, 0.5) is 4.39 Å². The number of carbonyl (C=O) groups is 1. The third-order valence-electron chi connectivity index (χ3n) is 5.77. The number of amides is 1. The predicted molar refractivity (Wildman–Crippen MR) is 102 cm³/mol. The van der Waals surface area contributed by atoms with Gasteiger partial charge in [0.25, 0.3) is 0 Å². The first-order chi connectivity index (χ1) is 12.7. The van der Waals surface area contributed by atoms with Crippen molar-refractivity contribution in [1.29, 1.82) is 0 Å². The van der Waals surface area contributed by atoms with Crippen LogP contribution in [-0.4, -0.2) is 74.5 Å². The summed E-state index contributed by atoms with van der Waals surface area (Å²) in [5.41, 5.74) is 0.842. The van der Waals surface area contributed by atoms with Gasteiger partial charge < -0.3 is 9.80 Å². The number of hydrogen-bond donors (Lipinski definition) is 0. The third-order valence-corrected chi connectivity index (χ3v) is 7.68. The quantitative estimate of drug-likeness (QED) is 0.731. The van der Waals surface area contributed by atoms with Crippen molar-refractivity contribution in [2.45, 2.75) is 19.4 Å². The maximum absolute atomic E-state index is 13.7. The van der Waals surface area contributed by atoms with Crippen LogP contribution in [-0.2, 0) is 14.8 Å². The Hall–Kier alpha value is -1.51. The number of sulfonamides is 1. The summed E-state index contributed by atoms with van der Waals surface area (Å²) in [5, 5.41) is 0. The van der Waals surface area contributed by atoms with Gasteiger partial charge in [-0.15, -0.1) is 0 Å². The van der Waals surface area contributed by atoms with E-state index in [0.717, 1.165) is 25.2 Å². The van der Waals surface area contributed by atoms with Crippen LogP contribution in [0.15, 0.2) is 24.3 Å². The first-order valence-electron chi connectivity index (χ1n) is 9.34. The van der Waals surface area contributed by atoms with E-state index in [2.05, 4.69) is 4.90 Å². The standard InChI is InChI=1S/C19H28FN3O3S/c1-14(24)23-12-16-11-22(8-5-9-27(25,26)21(2)3)13-18(16)19(23)15-6-4-7-17(20)10-15/h4,6-7,10,16,18-19H,5,8-9,11-13H2,1-3H3/t16-,18-,19+/m1/s1. The molecule has 2 saturated heterocycles. The van der Waals surface area contributed by atoms with Gasteiger partial charge in [-0.1, -0.05) is 12.1 Å². The molecule has 2 heterocycles. The molecule has 2 fully saturated rings. The lowest BCUT2D eigenvalue weighted by Crippen LogP contribution is -2.35. The fourth-order valence-corrected chi connectivity index (χ4v) is 5.27. The number of halogens is 1. The van der Waals surface area contributed by atoms with Gasteiger partial charge >= 0.3 is 0 Å². The number of rotatable bonds is 6. The van der Waals surface area contributed by atoms with E-state index in [-0.39, 0.29) is 29.4 Å². The highest BCUT2D eigenvalue weighted by Gasteiger charge is 2.48. The minimum atomic E-state index is -3.17.